The molecule has 0 aliphatic carbocycles. The zero-order chi connectivity index (χ0) is 19.5. The van der Waals surface area contributed by atoms with E-state index in [2.05, 4.69) is 46.3 Å². The summed E-state index contributed by atoms with van der Waals surface area (Å²) in [4.78, 5) is 16.8. The van der Waals surface area contributed by atoms with Gasteiger partial charge in [0.2, 0.25) is 5.91 Å². The molecular weight excluding hydrogens is 352 g/mol. The standard InChI is InChI=1S/C22H30N4O2/c1-16-3-2-4-18(13-16)20-14-23-24-22(20)17-5-11-26(12-6-17)21(28)15-25-9-7-19(27)8-10-25/h2-4,13-14,17,19,27H,5-12,15H2,1H3,(H,23,24). The largest absolute Gasteiger partial charge is 0.393 e. The van der Waals surface area contributed by atoms with Crippen LogP contribution in [0.1, 0.15) is 42.9 Å². The summed E-state index contributed by atoms with van der Waals surface area (Å²) in [6.07, 6.45) is 5.20. The van der Waals surface area contributed by atoms with E-state index >= 15 is 0 Å². The van der Waals surface area contributed by atoms with Crippen molar-refractivity contribution in [1.29, 1.82) is 0 Å². The summed E-state index contributed by atoms with van der Waals surface area (Å²) in [6, 6.07) is 8.52. The van der Waals surface area contributed by atoms with E-state index in [0.717, 1.165) is 51.9 Å². The molecule has 2 fully saturated rings. The number of aromatic amines is 1. The number of amides is 1. The number of carbonyl (C=O) groups is 1. The van der Waals surface area contributed by atoms with Gasteiger partial charge in [-0.1, -0.05) is 29.8 Å². The Labute approximate surface area is 166 Å². The van der Waals surface area contributed by atoms with Gasteiger partial charge in [0, 0.05) is 43.4 Å². The number of hydrogen-bond donors (Lipinski definition) is 2. The Kier molecular flexibility index (Phi) is 5.78. The second-order valence-corrected chi connectivity index (χ2v) is 8.23. The van der Waals surface area contributed by atoms with E-state index in [4.69, 9.17) is 0 Å². The molecule has 2 aromatic rings. The fourth-order valence-electron chi connectivity index (χ4n) is 4.44. The normalized spacial score (nSPS) is 19.9. The molecule has 4 rings (SSSR count). The average molecular weight is 383 g/mol. The second kappa shape index (κ2) is 8.45. The molecule has 0 radical (unpaired) electrons. The second-order valence-electron chi connectivity index (χ2n) is 8.23. The minimum atomic E-state index is -0.195. The molecule has 1 aromatic heterocycles. The minimum Gasteiger partial charge on any atom is -0.393 e. The number of carbonyl (C=O) groups excluding carboxylic acids is 1. The van der Waals surface area contributed by atoms with Gasteiger partial charge in [0.1, 0.15) is 0 Å². The van der Waals surface area contributed by atoms with Crippen LogP contribution < -0.4 is 0 Å². The van der Waals surface area contributed by atoms with Crippen molar-refractivity contribution in [3.8, 4) is 11.1 Å². The first-order valence-corrected chi connectivity index (χ1v) is 10.4. The maximum Gasteiger partial charge on any atom is 0.236 e. The number of aromatic nitrogens is 2. The quantitative estimate of drug-likeness (QED) is 0.852. The van der Waals surface area contributed by atoms with Crippen molar-refractivity contribution < 1.29 is 9.90 Å². The first-order valence-electron chi connectivity index (χ1n) is 10.4. The molecule has 2 aliphatic heterocycles. The molecular formula is C22H30N4O2. The molecule has 28 heavy (non-hydrogen) atoms. The third-order valence-electron chi connectivity index (χ3n) is 6.17. The van der Waals surface area contributed by atoms with E-state index in [-0.39, 0.29) is 12.0 Å². The van der Waals surface area contributed by atoms with Crippen LogP contribution >= 0.6 is 0 Å². The first kappa shape index (κ1) is 19.2. The number of likely N-dealkylation sites (tertiary alicyclic amines) is 2. The number of H-pyrrole nitrogens is 1. The van der Waals surface area contributed by atoms with Crippen LogP contribution in [-0.4, -0.2) is 69.8 Å². The Morgan fingerprint density at radius 1 is 1.18 bits per heavy atom. The molecule has 0 atom stereocenters. The third-order valence-corrected chi connectivity index (χ3v) is 6.17. The maximum atomic E-state index is 12.7. The van der Waals surface area contributed by atoms with Crippen LogP contribution in [-0.2, 0) is 4.79 Å². The van der Waals surface area contributed by atoms with Crippen LogP contribution in [0.5, 0.6) is 0 Å². The first-order chi connectivity index (χ1) is 13.6. The topological polar surface area (TPSA) is 72.5 Å². The highest BCUT2D eigenvalue weighted by Crippen LogP contribution is 2.34. The van der Waals surface area contributed by atoms with Crippen LogP contribution in [0.3, 0.4) is 0 Å². The lowest BCUT2D eigenvalue weighted by Crippen LogP contribution is -2.46. The average Bonchev–Trinajstić information content (AvgIpc) is 3.20. The zero-order valence-electron chi connectivity index (χ0n) is 16.6. The van der Waals surface area contributed by atoms with Crippen molar-refractivity contribution in [2.24, 2.45) is 0 Å². The molecule has 150 valence electrons. The van der Waals surface area contributed by atoms with Gasteiger partial charge in [-0.05, 0) is 38.2 Å². The number of nitrogens with one attached hydrogen (secondary N) is 1. The summed E-state index contributed by atoms with van der Waals surface area (Å²) in [5.41, 5.74) is 4.83. The van der Waals surface area contributed by atoms with Crippen LogP contribution in [0.25, 0.3) is 11.1 Å². The van der Waals surface area contributed by atoms with Crippen LogP contribution in [0.4, 0.5) is 0 Å². The molecule has 3 heterocycles. The van der Waals surface area contributed by atoms with Gasteiger partial charge in [-0.25, -0.2) is 0 Å². The molecule has 0 spiro atoms. The van der Waals surface area contributed by atoms with E-state index in [0.29, 0.717) is 12.5 Å². The highest BCUT2D eigenvalue weighted by atomic mass is 16.3. The van der Waals surface area contributed by atoms with Crippen LogP contribution in [0, 0.1) is 6.92 Å². The Hall–Kier alpha value is -2.18. The Morgan fingerprint density at radius 2 is 1.93 bits per heavy atom. The van der Waals surface area contributed by atoms with Gasteiger partial charge >= 0.3 is 0 Å². The highest BCUT2D eigenvalue weighted by Gasteiger charge is 2.28. The number of rotatable bonds is 4. The molecule has 0 unspecified atom stereocenters. The number of aliphatic hydroxyl groups is 1. The summed E-state index contributed by atoms with van der Waals surface area (Å²) < 4.78 is 0. The maximum absolute atomic E-state index is 12.7. The smallest absolute Gasteiger partial charge is 0.236 e. The fourth-order valence-corrected chi connectivity index (χ4v) is 4.44. The summed E-state index contributed by atoms with van der Waals surface area (Å²) in [5.74, 6) is 0.630. The van der Waals surface area contributed by atoms with Crippen molar-refractivity contribution in [3.63, 3.8) is 0 Å². The van der Waals surface area contributed by atoms with Crippen molar-refractivity contribution in [1.82, 2.24) is 20.0 Å². The predicted molar refractivity (Wildman–Crippen MR) is 109 cm³/mol. The molecule has 0 saturated carbocycles. The number of aryl methyl sites for hydroxylation is 1. The summed E-state index contributed by atoms with van der Waals surface area (Å²) in [6.45, 7) is 5.82. The molecule has 2 aliphatic rings. The van der Waals surface area contributed by atoms with Crippen molar-refractivity contribution in [2.75, 3.05) is 32.7 Å². The van der Waals surface area contributed by atoms with E-state index in [1.807, 2.05) is 11.1 Å². The number of hydrogen-bond acceptors (Lipinski definition) is 4. The van der Waals surface area contributed by atoms with Gasteiger partial charge in [0.15, 0.2) is 0 Å². The minimum absolute atomic E-state index is 0.195. The zero-order valence-corrected chi connectivity index (χ0v) is 16.6. The number of piperidine rings is 2. The van der Waals surface area contributed by atoms with Crippen molar-refractivity contribution >= 4 is 5.91 Å². The summed E-state index contributed by atoms with van der Waals surface area (Å²) >= 11 is 0. The van der Waals surface area contributed by atoms with E-state index < -0.39 is 0 Å². The number of benzene rings is 1. The van der Waals surface area contributed by atoms with Gasteiger partial charge in [0.05, 0.1) is 18.8 Å². The fraction of sp³-hybridized carbons (Fsp3) is 0.545. The monoisotopic (exact) mass is 382 g/mol. The van der Waals surface area contributed by atoms with Gasteiger partial charge in [-0.2, -0.15) is 5.10 Å². The number of aliphatic hydroxyl groups excluding tert-OH is 1. The molecule has 2 saturated heterocycles. The van der Waals surface area contributed by atoms with E-state index in [1.54, 1.807) is 0 Å². The van der Waals surface area contributed by atoms with Crippen LogP contribution in [0.15, 0.2) is 30.5 Å². The lowest BCUT2D eigenvalue weighted by Gasteiger charge is -2.35. The highest BCUT2D eigenvalue weighted by molar-refractivity contribution is 5.78. The molecule has 0 bridgehead atoms. The van der Waals surface area contributed by atoms with Crippen molar-refractivity contribution in [3.05, 3.63) is 41.7 Å². The lowest BCUT2D eigenvalue weighted by molar-refractivity contribution is -0.134. The van der Waals surface area contributed by atoms with E-state index in [9.17, 15) is 9.90 Å². The lowest BCUT2D eigenvalue weighted by atomic mass is 9.89. The number of nitrogens with zero attached hydrogens (tertiary/aromatic N) is 3. The summed E-state index contributed by atoms with van der Waals surface area (Å²) in [7, 11) is 0. The Balaban J connectivity index is 1.35. The van der Waals surface area contributed by atoms with Gasteiger partial charge < -0.3 is 10.0 Å². The molecule has 6 heteroatoms. The SMILES string of the molecule is Cc1cccc(-c2cn[nH]c2C2CCN(C(=O)CN3CCC(O)CC3)CC2)c1. The van der Waals surface area contributed by atoms with Gasteiger partial charge in [-0.15, -0.1) is 0 Å². The Morgan fingerprint density at radius 3 is 2.64 bits per heavy atom. The van der Waals surface area contributed by atoms with Crippen molar-refractivity contribution in [2.45, 2.75) is 44.6 Å². The molecule has 6 nitrogen and oxygen atoms in total. The molecule has 1 amide bonds. The van der Waals surface area contributed by atoms with Crippen LogP contribution in [0.2, 0.25) is 0 Å². The predicted octanol–water partition coefficient (Wildman–Crippen LogP) is 2.55. The van der Waals surface area contributed by atoms with Gasteiger partial charge in [0.25, 0.3) is 0 Å². The molecule has 1 aromatic carbocycles. The van der Waals surface area contributed by atoms with E-state index in [1.165, 1.54) is 22.4 Å². The van der Waals surface area contributed by atoms with Gasteiger partial charge in [-0.3, -0.25) is 14.8 Å². The third kappa shape index (κ3) is 4.28. The molecule has 2 N–H and O–H groups in total. The summed E-state index contributed by atoms with van der Waals surface area (Å²) in [5, 5.41) is 17.1. The Bertz CT molecular complexity index is 802.